The Bertz CT molecular complexity index is 714. The second kappa shape index (κ2) is 8.31. The van der Waals surface area contributed by atoms with Crippen molar-refractivity contribution in [3.63, 3.8) is 0 Å². The molecule has 0 N–H and O–H groups in total. The van der Waals surface area contributed by atoms with E-state index in [0.29, 0.717) is 6.16 Å². The molecular weight excluding hydrogens is 351 g/mol. The van der Waals surface area contributed by atoms with Crippen LogP contribution in [0.2, 0.25) is 0 Å². The summed E-state index contributed by atoms with van der Waals surface area (Å²) in [6.07, 6.45) is 1.62. The lowest BCUT2D eigenvalue weighted by molar-refractivity contribution is 0.125. The van der Waals surface area contributed by atoms with Crippen molar-refractivity contribution in [2.24, 2.45) is 0 Å². The first kappa shape index (κ1) is 20.3. The predicted octanol–water partition coefficient (Wildman–Crippen LogP) is 6.51. The fourth-order valence-corrected chi connectivity index (χ4v) is 8.34. The normalized spacial score (nSPS) is 27.4. The van der Waals surface area contributed by atoms with Crippen LogP contribution in [0.1, 0.15) is 64.3 Å². The highest BCUT2D eigenvalue weighted by Crippen LogP contribution is 2.66. The molecule has 2 atom stereocenters. The molecule has 0 amide bonds. The third kappa shape index (κ3) is 3.78. The highest BCUT2D eigenvalue weighted by molar-refractivity contribution is 7.59. The van der Waals surface area contributed by atoms with Gasteiger partial charge in [0.1, 0.15) is 0 Å². The molecule has 0 saturated carbocycles. The number of benzene rings is 2. The highest BCUT2D eigenvalue weighted by atomic mass is 31.2. The average molecular weight is 385 g/mol. The van der Waals surface area contributed by atoms with Gasteiger partial charge >= 0.3 is 0 Å². The molecule has 3 nitrogen and oxygen atoms in total. The van der Waals surface area contributed by atoms with Crippen LogP contribution < -0.4 is 0 Å². The minimum atomic E-state index is -2.70. The molecule has 2 aromatic rings. The summed E-state index contributed by atoms with van der Waals surface area (Å²) in [5.74, 6) is 0. The van der Waals surface area contributed by atoms with E-state index in [2.05, 4.69) is 105 Å². The van der Waals surface area contributed by atoms with Crippen LogP contribution in [0.4, 0.5) is 0 Å². The molecule has 1 heterocycles. The molecule has 0 bridgehead atoms. The molecule has 4 heteroatoms. The van der Waals surface area contributed by atoms with Crippen molar-refractivity contribution in [3.05, 3.63) is 71.8 Å². The first-order valence-electron chi connectivity index (χ1n) is 10.2. The Hall–Kier alpha value is -1.41. The predicted molar refractivity (Wildman–Crippen MR) is 115 cm³/mol. The van der Waals surface area contributed by atoms with E-state index in [4.69, 9.17) is 0 Å². The lowest BCUT2D eigenvalue weighted by atomic mass is 9.93. The van der Waals surface area contributed by atoms with E-state index in [1.165, 1.54) is 11.1 Å². The first-order chi connectivity index (χ1) is 12.9. The van der Waals surface area contributed by atoms with E-state index < -0.39 is 7.44 Å². The van der Waals surface area contributed by atoms with E-state index in [1.54, 1.807) is 0 Å². The molecule has 27 heavy (non-hydrogen) atoms. The molecule has 2 aromatic carbocycles. The van der Waals surface area contributed by atoms with Crippen LogP contribution in [-0.4, -0.2) is 27.6 Å². The summed E-state index contributed by atoms with van der Waals surface area (Å²) in [4.78, 5) is 0. The summed E-state index contributed by atoms with van der Waals surface area (Å²) < 4.78 is 19.2. The maximum Gasteiger partial charge on any atom is 0.217 e. The fraction of sp³-hybridized carbons (Fsp3) is 0.478. The number of hydrogen-bond acceptors (Lipinski definition) is 1. The van der Waals surface area contributed by atoms with Crippen LogP contribution in [0.15, 0.2) is 60.7 Å². The molecule has 1 aliphatic rings. The van der Waals surface area contributed by atoms with Crippen molar-refractivity contribution in [1.82, 2.24) is 9.34 Å². The molecule has 3 rings (SSSR count). The van der Waals surface area contributed by atoms with Crippen LogP contribution in [0.25, 0.3) is 0 Å². The van der Waals surface area contributed by atoms with Gasteiger partial charge in [0, 0.05) is 30.3 Å². The maximum atomic E-state index is 14.6. The Kier molecular flexibility index (Phi) is 6.25. The lowest BCUT2D eigenvalue weighted by Gasteiger charge is -2.54. The van der Waals surface area contributed by atoms with Crippen molar-refractivity contribution in [1.29, 1.82) is 0 Å². The fourth-order valence-electron chi connectivity index (χ4n) is 4.68. The molecule has 0 radical (unpaired) electrons. The second-order valence-electron chi connectivity index (χ2n) is 8.02. The summed E-state index contributed by atoms with van der Waals surface area (Å²) in [5, 5.41) is 0. The third-order valence-corrected chi connectivity index (χ3v) is 9.39. The zero-order valence-electron chi connectivity index (χ0n) is 17.2. The van der Waals surface area contributed by atoms with Gasteiger partial charge in [0.2, 0.25) is 7.44 Å². The largest absolute Gasteiger partial charge is 0.289 e. The van der Waals surface area contributed by atoms with Crippen LogP contribution in [-0.2, 0) is 4.57 Å². The van der Waals surface area contributed by atoms with Gasteiger partial charge in [0.25, 0.3) is 0 Å². The average Bonchev–Trinajstić information content (AvgIpc) is 2.67. The minimum Gasteiger partial charge on any atom is -0.289 e. The Morgan fingerprint density at radius 3 is 1.48 bits per heavy atom. The smallest absolute Gasteiger partial charge is 0.217 e. The van der Waals surface area contributed by atoms with Gasteiger partial charge < -0.3 is 0 Å². The minimum absolute atomic E-state index is 0.164. The van der Waals surface area contributed by atoms with E-state index in [9.17, 15) is 4.57 Å². The van der Waals surface area contributed by atoms with Gasteiger partial charge in [-0.25, -0.2) is 9.34 Å². The van der Waals surface area contributed by atoms with E-state index >= 15 is 0 Å². The Balaban J connectivity index is 2.17. The maximum absolute atomic E-state index is 14.6. The first-order valence-corrected chi connectivity index (χ1v) is 12.0. The molecular formula is C23H33N2OP. The van der Waals surface area contributed by atoms with Gasteiger partial charge in [0.15, 0.2) is 0 Å². The Morgan fingerprint density at radius 2 is 1.19 bits per heavy atom. The van der Waals surface area contributed by atoms with E-state index in [-0.39, 0.29) is 24.2 Å². The van der Waals surface area contributed by atoms with E-state index in [1.807, 2.05) is 0 Å². The van der Waals surface area contributed by atoms with Crippen molar-refractivity contribution >= 4 is 7.44 Å². The van der Waals surface area contributed by atoms with Gasteiger partial charge in [-0.15, -0.1) is 0 Å². The molecule has 1 saturated heterocycles. The number of rotatable bonds is 5. The molecule has 146 valence electrons. The Morgan fingerprint density at radius 1 is 0.815 bits per heavy atom. The molecule has 2 unspecified atom stereocenters. The quantitative estimate of drug-likeness (QED) is 0.549. The third-order valence-electron chi connectivity index (χ3n) is 5.65. The van der Waals surface area contributed by atoms with Gasteiger partial charge in [-0.05, 0) is 45.2 Å². The molecule has 1 aliphatic heterocycles. The summed E-state index contributed by atoms with van der Waals surface area (Å²) in [6, 6.07) is 22.0. The van der Waals surface area contributed by atoms with Gasteiger partial charge in [-0.1, -0.05) is 67.6 Å². The summed E-state index contributed by atoms with van der Waals surface area (Å²) in [5.41, 5.74) is 2.54. The Labute approximate surface area is 164 Å². The van der Waals surface area contributed by atoms with Crippen LogP contribution in [0.5, 0.6) is 0 Å². The molecule has 0 aromatic heterocycles. The summed E-state index contributed by atoms with van der Waals surface area (Å²) in [6.45, 7) is 10.8. The monoisotopic (exact) mass is 384 g/mol. The van der Waals surface area contributed by atoms with Crippen molar-refractivity contribution < 1.29 is 4.57 Å². The van der Waals surface area contributed by atoms with E-state index in [0.717, 1.165) is 6.42 Å². The SMILES string of the molecule is CCP1(=O)N(C(C)C)C(c2ccccc2)CC(c2ccccc2)N1C(C)C. The van der Waals surface area contributed by atoms with Gasteiger partial charge in [-0.2, -0.15) is 0 Å². The molecule has 0 aliphatic carbocycles. The van der Waals surface area contributed by atoms with Crippen LogP contribution in [0, 0.1) is 0 Å². The van der Waals surface area contributed by atoms with Crippen LogP contribution >= 0.6 is 7.44 Å². The van der Waals surface area contributed by atoms with Gasteiger partial charge in [-0.3, -0.25) is 4.57 Å². The zero-order chi connectivity index (χ0) is 19.6. The van der Waals surface area contributed by atoms with Crippen molar-refractivity contribution in [3.8, 4) is 0 Å². The highest BCUT2D eigenvalue weighted by Gasteiger charge is 2.50. The number of nitrogens with zero attached hydrogens (tertiary/aromatic N) is 2. The summed E-state index contributed by atoms with van der Waals surface area (Å²) >= 11 is 0. The lowest BCUT2D eigenvalue weighted by Crippen LogP contribution is -2.48. The second-order valence-corrected chi connectivity index (χ2v) is 10.9. The van der Waals surface area contributed by atoms with Crippen molar-refractivity contribution in [2.45, 2.75) is 65.2 Å². The van der Waals surface area contributed by atoms with Gasteiger partial charge in [0.05, 0.1) is 0 Å². The molecule has 1 fully saturated rings. The zero-order valence-corrected chi connectivity index (χ0v) is 18.1. The van der Waals surface area contributed by atoms with Crippen LogP contribution in [0.3, 0.4) is 0 Å². The topological polar surface area (TPSA) is 23.6 Å². The number of hydrogen-bond donors (Lipinski definition) is 0. The molecule has 0 spiro atoms. The van der Waals surface area contributed by atoms with Crippen molar-refractivity contribution in [2.75, 3.05) is 6.16 Å². The standard InChI is InChI=1S/C23H33N2OP/c1-6-27(26)24(18(2)3)22(20-13-9-7-10-14-20)17-23(25(27)19(4)5)21-15-11-8-12-16-21/h7-16,18-19,22-23H,6,17H2,1-5H3. The summed E-state index contributed by atoms with van der Waals surface area (Å²) in [7, 11) is -2.70.